The number of nitrogen functional groups attached to an aromatic ring is 1. The van der Waals surface area contributed by atoms with Crippen molar-refractivity contribution in [2.75, 3.05) is 5.73 Å². The second kappa shape index (κ2) is 6.21. The lowest BCUT2D eigenvalue weighted by molar-refractivity contribution is 0.298. The smallest absolute Gasteiger partial charge is 0.123 e. The van der Waals surface area contributed by atoms with Crippen molar-refractivity contribution in [2.45, 2.75) is 46.1 Å². The SMILES string of the molecule is CCc1ccc(OCc2ccccc2N)c(C(C)(C)C)c1. The zero-order valence-electron chi connectivity index (χ0n) is 13.4. The first-order valence-electron chi connectivity index (χ1n) is 7.51. The minimum atomic E-state index is 0.0583. The summed E-state index contributed by atoms with van der Waals surface area (Å²) in [5.74, 6) is 0.947. The molecule has 2 aromatic rings. The van der Waals surface area contributed by atoms with Gasteiger partial charge in [0, 0.05) is 11.3 Å². The first-order valence-corrected chi connectivity index (χ1v) is 7.51. The van der Waals surface area contributed by atoms with Crippen molar-refractivity contribution < 1.29 is 4.74 Å². The summed E-state index contributed by atoms with van der Waals surface area (Å²) in [5, 5.41) is 0. The maximum Gasteiger partial charge on any atom is 0.123 e. The highest BCUT2D eigenvalue weighted by molar-refractivity contribution is 5.47. The van der Waals surface area contributed by atoms with E-state index in [1.165, 1.54) is 11.1 Å². The Labute approximate surface area is 127 Å². The third-order valence-corrected chi connectivity index (χ3v) is 3.70. The topological polar surface area (TPSA) is 35.2 Å². The molecule has 0 saturated heterocycles. The standard InChI is InChI=1S/C19H25NO/c1-5-14-10-11-18(16(12-14)19(2,3)4)21-13-15-8-6-7-9-17(15)20/h6-12H,5,13,20H2,1-4H3. The number of hydrogen-bond donors (Lipinski definition) is 1. The van der Waals surface area contributed by atoms with E-state index < -0.39 is 0 Å². The molecule has 0 aliphatic heterocycles. The van der Waals surface area contributed by atoms with E-state index in [0.717, 1.165) is 23.4 Å². The largest absolute Gasteiger partial charge is 0.489 e. The number of aryl methyl sites for hydroxylation is 1. The second-order valence-corrected chi connectivity index (χ2v) is 6.42. The Kier molecular flexibility index (Phi) is 4.56. The molecule has 2 heteroatoms. The lowest BCUT2D eigenvalue weighted by Gasteiger charge is -2.24. The van der Waals surface area contributed by atoms with Crippen molar-refractivity contribution >= 4 is 5.69 Å². The van der Waals surface area contributed by atoms with E-state index in [0.29, 0.717) is 6.61 Å². The lowest BCUT2D eigenvalue weighted by Crippen LogP contribution is -2.14. The normalized spacial score (nSPS) is 11.4. The Morgan fingerprint density at radius 2 is 1.76 bits per heavy atom. The average molecular weight is 283 g/mol. The number of para-hydroxylation sites is 1. The van der Waals surface area contributed by atoms with E-state index >= 15 is 0 Å². The van der Waals surface area contributed by atoms with Crippen molar-refractivity contribution in [2.24, 2.45) is 0 Å². The molecule has 112 valence electrons. The summed E-state index contributed by atoms with van der Waals surface area (Å²) in [6.45, 7) is 9.32. The molecular weight excluding hydrogens is 258 g/mol. The van der Waals surface area contributed by atoms with Crippen LogP contribution in [0.1, 0.15) is 44.4 Å². The highest BCUT2D eigenvalue weighted by Gasteiger charge is 2.19. The van der Waals surface area contributed by atoms with Crippen LogP contribution in [0, 0.1) is 0 Å². The molecule has 2 N–H and O–H groups in total. The molecule has 2 nitrogen and oxygen atoms in total. The summed E-state index contributed by atoms with van der Waals surface area (Å²) in [6, 6.07) is 14.3. The van der Waals surface area contributed by atoms with Crippen molar-refractivity contribution in [1.29, 1.82) is 0 Å². The summed E-state index contributed by atoms with van der Waals surface area (Å²) in [7, 11) is 0. The zero-order chi connectivity index (χ0) is 15.5. The van der Waals surface area contributed by atoms with Gasteiger partial charge in [-0.1, -0.05) is 58.0 Å². The fourth-order valence-electron chi connectivity index (χ4n) is 2.33. The van der Waals surface area contributed by atoms with Crippen LogP contribution >= 0.6 is 0 Å². The van der Waals surface area contributed by atoms with Gasteiger partial charge in [0.05, 0.1) is 0 Å². The molecule has 0 aromatic heterocycles. The molecular formula is C19H25NO. The minimum Gasteiger partial charge on any atom is -0.489 e. The maximum absolute atomic E-state index is 6.05. The first-order chi connectivity index (χ1) is 9.91. The molecule has 0 aliphatic rings. The summed E-state index contributed by atoms with van der Waals surface area (Å²) in [4.78, 5) is 0. The van der Waals surface area contributed by atoms with Gasteiger partial charge >= 0.3 is 0 Å². The molecule has 0 amide bonds. The van der Waals surface area contributed by atoms with Crippen LogP contribution in [0.5, 0.6) is 5.75 Å². The van der Waals surface area contributed by atoms with E-state index in [4.69, 9.17) is 10.5 Å². The van der Waals surface area contributed by atoms with Crippen LogP contribution in [-0.2, 0) is 18.4 Å². The Morgan fingerprint density at radius 3 is 2.38 bits per heavy atom. The average Bonchev–Trinajstić information content (AvgIpc) is 2.45. The van der Waals surface area contributed by atoms with Crippen molar-refractivity contribution in [3.63, 3.8) is 0 Å². The van der Waals surface area contributed by atoms with E-state index in [9.17, 15) is 0 Å². The number of ether oxygens (including phenoxy) is 1. The minimum absolute atomic E-state index is 0.0583. The molecule has 0 bridgehead atoms. The van der Waals surface area contributed by atoms with Crippen LogP contribution in [0.2, 0.25) is 0 Å². The van der Waals surface area contributed by atoms with Gasteiger partial charge in [-0.2, -0.15) is 0 Å². The monoisotopic (exact) mass is 283 g/mol. The molecule has 0 saturated carbocycles. The fraction of sp³-hybridized carbons (Fsp3) is 0.368. The highest BCUT2D eigenvalue weighted by Crippen LogP contribution is 2.33. The van der Waals surface area contributed by atoms with Gasteiger partial charge in [-0.05, 0) is 35.1 Å². The van der Waals surface area contributed by atoms with Gasteiger partial charge in [-0.15, -0.1) is 0 Å². The van der Waals surface area contributed by atoms with Gasteiger partial charge < -0.3 is 10.5 Å². The molecule has 0 aliphatic carbocycles. The molecule has 0 spiro atoms. The quantitative estimate of drug-likeness (QED) is 0.825. The van der Waals surface area contributed by atoms with Crippen LogP contribution < -0.4 is 10.5 Å². The van der Waals surface area contributed by atoms with Gasteiger partial charge in [0.15, 0.2) is 0 Å². The van der Waals surface area contributed by atoms with Crippen LogP contribution in [0.3, 0.4) is 0 Å². The second-order valence-electron chi connectivity index (χ2n) is 6.42. The van der Waals surface area contributed by atoms with Crippen LogP contribution in [0.25, 0.3) is 0 Å². The molecule has 2 rings (SSSR count). The zero-order valence-corrected chi connectivity index (χ0v) is 13.4. The third-order valence-electron chi connectivity index (χ3n) is 3.70. The van der Waals surface area contributed by atoms with Gasteiger partial charge in [-0.25, -0.2) is 0 Å². The Balaban J connectivity index is 2.26. The Hall–Kier alpha value is -1.96. The molecule has 0 atom stereocenters. The number of hydrogen-bond acceptors (Lipinski definition) is 2. The summed E-state index contributed by atoms with van der Waals surface area (Å²) in [6.07, 6.45) is 1.04. The van der Waals surface area contributed by atoms with Crippen LogP contribution in [0.4, 0.5) is 5.69 Å². The maximum atomic E-state index is 6.05. The summed E-state index contributed by atoms with van der Waals surface area (Å²) >= 11 is 0. The molecule has 0 fully saturated rings. The van der Waals surface area contributed by atoms with Gasteiger partial charge in [0.25, 0.3) is 0 Å². The van der Waals surface area contributed by atoms with Gasteiger partial charge in [0.2, 0.25) is 0 Å². The van der Waals surface area contributed by atoms with E-state index in [1.54, 1.807) is 0 Å². The van der Waals surface area contributed by atoms with Crippen molar-refractivity contribution in [3.05, 3.63) is 59.2 Å². The molecule has 0 unspecified atom stereocenters. The molecule has 0 radical (unpaired) electrons. The van der Waals surface area contributed by atoms with Crippen molar-refractivity contribution in [1.82, 2.24) is 0 Å². The van der Waals surface area contributed by atoms with E-state index in [2.05, 4.69) is 45.9 Å². The van der Waals surface area contributed by atoms with Gasteiger partial charge in [-0.3, -0.25) is 0 Å². The number of anilines is 1. The van der Waals surface area contributed by atoms with E-state index in [-0.39, 0.29) is 5.41 Å². The van der Waals surface area contributed by atoms with E-state index in [1.807, 2.05) is 24.3 Å². The molecule has 2 aromatic carbocycles. The van der Waals surface area contributed by atoms with Crippen LogP contribution in [0.15, 0.2) is 42.5 Å². The summed E-state index contributed by atoms with van der Waals surface area (Å²) in [5.41, 5.74) is 10.4. The number of benzene rings is 2. The lowest BCUT2D eigenvalue weighted by atomic mass is 9.85. The Morgan fingerprint density at radius 1 is 1.05 bits per heavy atom. The number of rotatable bonds is 4. The van der Waals surface area contributed by atoms with Gasteiger partial charge in [0.1, 0.15) is 12.4 Å². The molecule has 0 heterocycles. The van der Waals surface area contributed by atoms with Crippen molar-refractivity contribution in [3.8, 4) is 5.75 Å². The third kappa shape index (κ3) is 3.78. The summed E-state index contributed by atoms with van der Waals surface area (Å²) < 4.78 is 6.05. The predicted octanol–water partition coefficient (Wildman–Crippen LogP) is 4.71. The first kappa shape index (κ1) is 15.4. The Bertz CT molecular complexity index is 611. The highest BCUT2D eigenvalue weighted by atomic mass is 16.5. The molecule has 21 heavy (non-hydrogen) atoms. The predicted molar refractivity (Wildman–Crippen MR) is 89.7 cm³/mol. The number of nitrogens with two attached hydrogens (primary N) is 1. The fourth-order valence-corrected chi connectivity index (χ4v) is 2.33. The van der Waals surface area contributed by atoms with Crippen LogP contribution in [-0.4, -0.2) is 0 Å².